The third-order valence-electron chi connectivity index (χ3n) is 6.11. The summed E-state index contributed by atoms with van der Waals surface area (Å²) >= 11 is 0. The number of hydrogen-bond acceptors (Lipinski definition) is 5. The molecule has 1 atom stereocenters. The molecule has 0 N–H and O–H groups in total. The number of benzene rings is 2. The summed E-state index contributed by atoms with van der Waals surface area (Å²) in [5, 5.41) is 0. The number of hydrogen-bond donors (Lipinski definition) is 0. The first-order valence-corrected chi connectivity index (χ1v) is 12.0. The van der Waals surface area contributed by atoms with Gasteiger partial charge in [0.15, 0.2) is 5.60 Å². The summed E-state index contributed by atoms with van der Waals surface area (Å²) in [7, 11) is -3.58. The van der Waals surface area contributed by atoms with Crippen LogP contribution < -0.4 is 0 Å². The van der Waals surface area contributed by atoms with Crippen molar-refractivity contribution in [2.75, 3.05) is 26.2 Å². The highest BCUT2D eigenvalue weighted by Crippen LogP contribution is 2.43. The Morgan fingerprint density at radius 3 is 2.45 bits per heavy atom. The van der Waals surface area contributed by atoms with Crippen molar-refractivity contribution in [3.05, 3.63) is 65.2 Å². The summed E-state index contributed by atoms with van der Waals surface area (Å²) in [5.74, 6) is -0.554. The first kappa shape index (κ1) is 21.5. The van der Waals surface area contributed by atoms with Gasteiger partial charge >= 0.3 is 5.97 Å². The zero-order valence-electron chi connectivity index (χ0n) is 17.7. The van der Waals surface area contributed by atoms with Crippen LogP contribution in [0.4, 0.5) is 0 Å². The quantitative estimate of drug-likeness (QED) is 0.665. The largest absolute Gasteiger partial charge is 0.449 e. The number of nitrogens with zero attached hydrogens (tertiary/aromatic N) is 2. The molecule has 1 spiro atoms. The van der Waals surface area contributed by atoms with E-state index in [0.29, 0.717) is 43.6 Å². The van der Waals surface area contributed by atoms with Crippen molar-refractivity contribution in [3.63, 3.8) is 0 Å². The summed E-state index contributed by atoms with van der Waals surface area (Å²) < 4.78 is 32.5. The van der Waals surface area contributed by atoms with E-state index in [9.17, 15) is 18.0 Å². The molecular formula is C23H26N2O5S. The maximum atomic E-state index is 13.2. The van der Waals surface area contributed by atoms with Gasteiger partial charge in [-0.15, -0.1) is 0 Å². The summed E-state index contributed by atoms with van der Waals surface area (Å²) in [5.41, 5.74) is 0.988. The Morgan fingerprint density at radius 1 is 1.10 bits per heavy atom. The highest BCUT2D eigenvalue weighted by atomic mass is 32.2. The molecule has 0 aliphatic carbocycles. The summed E-state index contributed by atoms with van der Waals surface area (Å²) in [6.45, 7) is 5.19. The Bertz CT molecular complexity index is 1110. The van der Waals surface area contributed by atoms with Gasteiger partial charge in [-0.25, -0.2) is 13.2 Å². The molecule has 2 aromatic rings. The van der Waals surface area contributed by atoms with E-state index in [2.05, 4.69) is 0 Å². The van der Waals surface area contributed by atoms with E-state index in [-0.39, 0.29) is 23.3 Å². The fourth-order valence-electron chi connectivity index (χ4n) is 4.51. The van der Waals surface area contributed by atoms with Crippen molar-refractivity contribution in [1.29, 1.82) is 0 Å². The van der Waals surface area contributed by atoms with Crippen LogP contribution in [0.2, 0.25) is 0 Å². The molecule has 0 aromatic heterocycles. The van der Waals surface area contributed by atoms with Crippen LogP contribution in [0, 0.1) is 0 Å². The molecule has 1 amide bonds. The molecule has 8 heteroatoms. The maximum Gasteiger partial charge on any atom is 0.339 e. The number of rotatable bonds is 5. The minimum atomic E-state index is -3.58. The lowest BCUT2D eigenvalue weighted by molar-refractivity contribution is -0.0442. The van der Waals surface area contributed by atoms with Gasteiger partial charge in [0.1, 0.15) is 0 Å². The van der Waals surface area contributed by atoms with Crippen molar-refractivity contribution in [3.8, 4) is 0 Å². The highest BCUT2D eigenvalue weighted by molar-refractivity contribution is 7.89. The molecule has 1 fully saturated rings. The van der Waals surface area contributed by atoms with Crippen LogP contribution in [-0.2, 0) is 20.4 Å². The molecule has 2 aromatic carbocycles. The van der Waals surface area contributed by atoms with Gasteiger partial charge in [-0.1, -0.05) is 32.0 Å². The van der Waals surface area contributed by atoms with Crippen LogP contribution in [0.3, 0.4) is 0 Å². The zero-order valence-corrected chi connectivity index (χ0v) is 18.5. The smallest absolute Gasteiger partial charge is 0.339 e. The van der Waals surface area contributed by atoms with Crippen LogP contribution in [0.15, 0.2) is 53.4 Å². The van der Waals surface area contributed by atoms with Crippen molar-refractivity contribution < 1.29 is 22.7 Å². The Kier molecular flexibility index (Phi) is 5.61. The van der Waals surface area contributed by atoms with Gasteiger partial charge < -0.3 is 9.64 Å². The van der Waals surface area contributed by atoms with Gasteiger partial charge in [-0.2, -0.15) is 4.31 Å². The molecular weight excluding hydrogens is 416 g/mol. The molecule has 2 heterocycles. The first-order valence-electron chi connectivity index (χ1n) is 10.5. The molecule has 0 saturated carbocycles. The minimum Gasteiger partial charge on any atom is -0.449 e. The van der Waals surface area contributed by atoms with E-state index in [0.717, 1.165) is 5.56 Å². The van der Waals surface area contributed by atoms with E-state index in [1.807, 2.05) is 12.1 Å². The van der Waals surface area contributed by atoms with Gasteiger partial charge in [-0.3, -0.25) is 4.79 Å². The molecule has 2 aliphatic rings. The first-order chi connectivity index (χ1) is 14.8. The lowest BCUT2D eigenvalue weighted by Crippen LogP contribution is -2.48. The van der Waals surface area contributed by atoms with Gasteiger partial charge in [0.05, 0.1) is 17.0 Å². The van der Waals surface area contributed by atoms with Gasteiger partial charge in [0.2, 0.25) is 10.0 Å². The predicted octanol–water partition coefficient (Wildman–Crippen LogP) is 3.02. The van der Waals surface area contributed by atoms with E-state index >= 15 is 0 Å². The summed E-state index contributed by atoms with van der Waals surface area (Å²) in [4.78, 5) is 27.4. The van der Waals surface area contributed by atoms with Crippen molar-refractivity contribution in [2.45, 2.75) is 37.2 Å². The van der Waals surface area contributed by atoms with Crippen LogP contribution in [0.1, 0.15) is 53.0 Å². The van der Waals surface area contributed by atoms with E-state index in [4.69, 9.17) is 4.74 Å². The molecule has 31 heavy (non-hydrogen) atoms. The van der Waals surface area contributed by atoms with Crippen LogP contribution >= 0.6 is 0 Å². The molecule has 1 saturated heterocycles. The molecule has 4 rings (SSSR count). The molecule has 0 radical (unpaired) electrons. The lowest BCUT2D eigenvalue weighted by Gasteiger charge is -2.39. The van der Waals surface area contributed by atoms with Gasteiger partial charge in [0, 0.05) is 30.8 Å². The Labute approximate surface area is 182 Å². The topological polar surface area (TPSA) is 84.0 Å². The second kappa shape index (κ2) is 8.09. The number of ether oxygens (including phenoxy) is 1. The van der Waals surface area contributed by atoms with Crippen molar-refractivity contribution in [2.24, 2.45) is 0 Å². The number of carbonyl (C=O) groups is 2. The highest BCUT2D eigenvalue weighted by Gasteiger charge is 2.48. The number of likely N-dealkylation sites (tertiary alicyclic amines) is 1. The summed E-state index contributed by atoms with van der Waals surface area (Å²) in [6.07, 6.45) is 1.38. The van der Waals surface area contributed by atoms with Crippen LogP contribution in [0.5, 0.6) is 0 Å². The average molecular weight is 443 g/mol. The average Bonchev–Trinajstić information content (AvgIpc) is 3.05. The molecule has 0 bridgehead atoms. The van der Waals surface area contributed by atoms with Crippen molar-refractivity contribution >= 4 is 21.9 Å². The SMILES string of the molecule is CCN(CC)S(=O)(=O)c1ccc(C(=O)N2CCCC3(C2)OC(=O)c2ccccc23)cc1. The van der Waals surface area contributed by atoms with E-state index in [1.54, 1.807) is 43.0 Å². The van der Waals surface area contributed by atoms with E-state index < -0.39 is 15.6 Å². The third-order valence-corrected chi connectivity index (χ3v) is 8.18. The van der Waals surface area contributed by atoms with Gasteiger partial charge in [0.25, 0.3) is 5.91 Å². The summed E-state index contributed by atoms with van der Waals surface area (Å²) in [6, 6.07) is 13.4. The van der Waals surface area contributed by atoms with Crippen molar-refractivity contribution in [1.82, 2.24) is 9.21 Å². The lowest BCUT2D eigenvalue weighted by atomic mass is 9.85. The predicted molar refractivity (Wildman–Crippen MR) is 115 cm³/mol. The molecule has 164 valence electrons. The second-order valence-corrected chi connectivity index (χ2v) is 9.81. The number of carbonyl (C=O) groups excluding carboxylic acids is 2. The number of amides is 1. The zero-order chi connectivity index (χ0) is 22.2. The van der Waals surface area contributed by atoms with Gasteiger partial charge in [-0.05, 0) is 43.2 Å². The fourth-order valence-corrected chi connectivity index (χ4v) is 5.97. The third kappa shape index (κ3) is 3.64. The Morgan fingerprint density at radius 2 is 1.77 bits per heavy atom. The standard InChI is InChI=1S/C23H26N2O5S/c1-3-25(4-2)31(28,29)18-12-10-17(11-13-18)21(26)24-15-7-14-23(16-24)20-9-6-5-8-19(20)22(27)30-23/h5-6,8-13H,3-4,7,14-16H2,1-2H3. The second-order valence-electron chi connectivity index (χ2n) is 7.87. The molecule has 7 nitrogen and oxygen atoms in total. The normalized spacial score (nSPS) is 20.7. The van der Waals surface area contributed by atoms with Crippen LogP contribution in [-0.4, -0.2) is 55.7 Å². The van der Waals surface area contributed by atoms with Crippen LogP contribution in [0.25, 0.3) is 0 Å². The monoisotopic (exact) mass is 442 g/mol. The minimum absolute atomic E-state index is 0.168. The Balaban J connectivity index is 1.56. The maximum absolute atomic E-state index is 13.2. The molecule has 1 unspecified atom stereocenters. The number of piperidine rings is 1. The Hall–Kier alpha value is -2.71. The fraction of sp³-hybridized carbons (Fsp3) is 0.391. The number of esters is 1. The number of sulfonamides is 1. The van der Waals surface area contributed by atoms with E-state index in [1.165, 1.54) is 16.4 Å². The molecule has 2 aliphatic heterocycles. The number of fused-ring (bicyclic) bond motifs is 2.